The molecule has 2 atom stereocenters. The lowest BCUT2D eigenvalue weighted by atomic mass is 9.94. The SMILES string of the molecule is CCC(C)C(OO)c1ccc(/C(C)=N\OS(=O)(=O)c2c(C)cc(C)cc2C)cc1. The monoisotopic (exact) mass is 419 g/mol. The quantitative estimate of drug-likeness (QED) is 0.356. The van der Waals surface area contributed by atoms with Crippen LogP contribution >= 0.6 is 0 Å². The topological polar surface area (TPSA) is 85.2 Å². The van der Waals surface area contributed by atoms with Crippen LogP contribution < -0.4 is 0 Å². The maximum atomic E-state index is 12.6. The summed E-state index contributed by atoms with van der Waals surface area (Å²) in [6.07, 6.45) is 0.437. The lowest BCUT2D eigenvalue weighted by Gasteiger charge is -2.20. The van der Waals surface area contributed by atoms with Gasteiger partial charge in [0, 0.05) is 0 Å². The summed E-state index contributed by atoms with van der Waals surface area (Å²) in [6, 6.07) is 10.8. The van der Waals surface area contributed by atoms with Crippen LogP contribution in [0.15, 0.2) is 46.4 Å². The number of oxime groups is 1. The van der Waals surface area contributed by atoms with Gasteiger partial charge in [0.15, 0.2) is 0 Å². The fourth-order valence-corrected chi connectivity index (χ4v) is 4.57. The van der Waals surface area contributed by atoms with Crippen LogP contribution in [0, 0.1) is 26.7 Å². The fraction of sp³-hybridized carbons (Fsp3) is 0.409. The Morgan fingerprint density at radius 1 is 1.10 bits per heavy atom. The highest BCUT2D eigenvalue weighted by Gasteiger charge is 2.22. The first-order valence-corrected chi connectivity index (χ1v) is 11.0. The molecule has 7 heteroatoms. The summed E-state index contributed by atoms with van der Waals surface area (Å²) in [7, 11) is -4.02. The highest BCUT2D eigenvalue weighted by molar-refractivity contribution is 7.86. The number of benzene rings is 2. The second-order valence-electron chi connectivity index (χ2n) is 7.47. The highest BCUT2D eigenvalue weighted by atomic mass is 32.2. The maximum absolute atomic E-state index is 12.6. The molecule has 0 aliphatic carbocycles. The molecular weight excluding hydrogens is 390 g/mol. The molecule has 158 valence electrons. The van der Waals surface area contributed by atoms with Gasteiger partial charge >= 0.3 is 10.1 Å². The molecule has 0 heterocycles. The summed E-state index contributed by atoms with van der Waals surface area (Å²) in [4.78, 5) is 4.77. The van der Waals surface area contributed by atoms with E-state index in [1.165, 1.54) is 0 Å². The predicted octanol–water partition coefficient (Wildman–Crippen LogP) is 5.32. The maximum Gasteiger partial charge on any atom is 0.359 e. The average molecular weight is 420 g/mol. The van der Waals surface area contributed by atoms with E-state index in [4.69, 9.17) is 4.28 Å². The zero-order valence-electron chi connectivity index (χ0n) is 17.8. The minimum absolute atomic E-state index is 0.145. The molecule has 0 bridgehead atoms. The van der Waals surface area contributed by atoms with Gasteiger partial charge in [0.25, 0.3) is 0 Å². The standard InChI is InChI=1S/C22H29NO5S/c1-7-15(3)21(27-24)20-10-8-19(9-11-20)18(6)23-28-29(25,26)22-16(4)12-14(2)13-17(22)5/h8-13,15,21,24H,7H2,1-6H3/b23-18-. The Morgan fingerprint density at radius 2 is 1.66 bits per heavy atom. The number of nitrogens with zero attached hydrogens (tertiary/aromatic N) is 1. The van der Waals surface area contributed by atoms with Crippen LogP contribution in [0.5, 0.6) is 0 Å². The van der Waals surface area contributed by atoms with Gasteiger partial charge in [-0.3, -0.25) is 9.54 Å². The predicted molar refractivity (Wildman–Crippen MR) is 113 cm³/mol. The molecule has 29 heavy (non-hydrogen) atoms. The molecule has 1 N–H and O–H groups in total. The van der Waals surface area contributed by atoms with E-state index in [-0.39, 0.29) is 10.8 Å². The summed E-state index contributed by atoms with van der Waals surface area (Å²) in [5.74, 6) is 0.148. The van der Waals surface area contributed by atoms with Crippen molar-refractivity contribution in [1.82, 2.24) is 0 Å². The lowest BCUT2D eigenvalue weighted by molar-refractivity contribution is -0.293. The molecule has 2 aromatic carbocycles. The first-order chi connectivity index (χ1) is 13.6. The van der Waals surface area contributed by atoms with Crippen molar-refractivity contribution in [1.29, 1.82) is 0 Å². The molecule has 2 aromatic rings. The first-order valence-electron chi connectivity index (χ1n) is 9.57. The number of hydrogen-bond donors (Lipinski definition) is 1. The van der Waals surface area contributed by atoms with E-state index in [1.54, 1.807) is 45.0 Å². The lowest BCUT2D eigenvalue weighted by Crippen LogP contribution is -2.12. The largest absolute Gasteiger partial charge is 0.359 e. The average Bonchev–Trinajstić information content (AvgIpc) is 2.66. The molecular formula is C22H29NO5S. The van der Waals surface area contributed by atoms with Gasteiger partial charge in [-0.1, -0.05) is 67.4 Å². The molecule has 0 spiro atoms. The van der Waals surface area contributed by atoms with Gasteiger partial charge in [-0.25, -0.2) is 4.89 Å². The molecule has 6 nitrogen and oxygen atoms in total. The Morgan fingerprint density at radius 3 is 2.14 bits per heavy atom. The van der Waals surface area contributed by atoms with Crippen LogP contribution in [0.25, 0.3) is 0 Å². The molecule has 0 saturated carbocycles. The second kappa shape index (κ2) is 9.52. The molecule has 0 saturated heterocycles. The molecule has 0 amide bonds. The van der Waals surface area contributed by atoms with Crippen molar-refractivity contribution in [2.45, 2.75) is 59.0 Å². The molecule has 2 rings (SSSR count). The Kier molecular flexibility index (Phi) is 7.57. The highest BCUT2D eigenvalue weighted by Crippen LogP contribution is 2.28. The Balaban J connectivity index is 2.23. The Bertz CT molecular complexity index is 958. The third-order valence-electron chi connectivity index (χ3n) is 5.06. The van der Waals surface area contributed by atoms with Gasteiger partial charge in [-0.15, -0.1) is 0 Å². The van der Waals surface area contributed by atoms with E-state index >= 15 is 0 Å². The molecule has 0 aromatic heterocycles. The molecule has 0 aliphatic heterocycles. The van der Waals surface area contributed by atoms with Crippen LogP contribution in [0.4, 0.5) is 0 Å². The molecule has 0 aliphatic rings. The van der Waals surface area contributed by atoms with Crippen molar-refractivity contribution in [3.05, 3.63) is 64.2 Å². The van der Waals surface area contributed by atoms with Gasteiger partial charge in [-0.2, -0.15) is 8.42 Å². The van der Waals surface area contributed by atoms with E-state index in [0.717, 1.165) is 17.5 Å². The van der Waals surface area contributed by atoms with Crippen molar-refractivity contribution < 1.29 is 22.8 Å². The van der Waals surface area contributed by atoms with Crippen LogP contribution in [0.3, 0.4) is 0 Å². The summed E-state index contributed by atoms with van der Waals surface area (Å²) < 4.78 is 30.3. The summed E-state index contributed by atoms with van der Waals surface area (Å²) in [5, 5.41) is 13.0. The van der Waals surface area contributed by atoms with Crippen molar-refractivity contribution >= 4 is 15.8 Å². The van der Waals surface area contributed by atoms with Crippen LogP contribution in [-0.4, -0.2) is 19.4 Å². The zero-order chi connectivity index (χ0) is 21.8. The Labute approximate surface area is 173 Å². The normalized spacial score (nSPS) is 14.5. The second-order valence-corrected chi connectivity index (χ2v) is 8.93. The van der Waals surface area contributed by atoms with E-state index in [2.05, 4.69) is 10.0 Å². The molecule has 0 fully saturated rings. The minimum Gasteiger partial charge on any atom is -0.264 e. The van der Waals surface area contributed by atoms with Crippen LogP contribution in [0.2, 0.25) is 0 Å². The number of rotatable bonds is 8. The van der Waals surface area contributed by atoms with Gasteiger partial charge in [0.05, 0.1) is 5.71 Å². The van der Waals surface area contributed by atoms with Crippen molar-refractivity contribution in [3.8, 4) is 0 Å². The fourth-order valence-electron chi connectivity index (χ4n) is 3.38. The van der Waals surface area contributed by atoms with Gasteiger partial charge in [-0.05, 0) is 55.9 Å². The van der Waals surface area contributed by atoms with E-state index in [9.17, 15) is 13.7 Å². The third-order valence-corrected chi connectivity index (χ3v) is 6.47. The minimum atomic E-state index is -4.02. The smallest absolute Gasteiger partial charge is 0.264 e. The first kappa shape index (κ1) is 23.1. The van der Waals surface area contributed by atoms with Gasteiger partial charge < -0.3 is 0 Å². The number of aryl methyl sites for hydroxylation is 3. The third kappa shape index (κ3) is 5.44. The van der Waals surface area contributed by atoms with Gasteiger partial charge in [0.1, 0.15) is 11.0 Å². The summed E-state index contributed by atoms with van der Waals surface area (Å²) in [5.41, 5.74) is 4.20. The summed E-state index contributed by atoms with van der Waals surface area (Å²) >= 11 is 0. The number of hydrogen-bond acceptors (Lipinski definition) is 6. The molecule has 2 unspecified atom stereocenters. The molecule has 0 radical (unpaired) electrons. The van der Waals surface area contributed by atoms with Crippen molar-refractivity contribution in [2.24, 2.45) is 11.1 Å². The van der Waals surface area contributed by atoms with Crippen LogP contribution in [-0.2, 0) is 19.3 Å². The van der Waals surface area contributed by atoms with E-state index in [1.807, 2.05) is 32.9 Å². The van der Waals surface area contributed by atoms with E-state index < -0.39 is 16.2 Å². The van der Waals surface area contributed by atoms with Crippen LogP contribution in [0.1, 0.15) is 61.1 Å². The summed E-state index contributed by atoms with van der Waals surface area (Å²) in [6.45, 7) is 11.1. The Hall–Kier alpha value is -2.22. The van der Waals surface area contributed by atoms with Gasteiger partial charge in [0.2, 0.25) is 0 Å². The van der Waals surface area contributed by atoms with E-state index in [0.29, 0.717) is 22.4 Å². The van der Waals surface area contributed by atoms with Crippen molar-refractivity contribution in [2.75, 3.05) is 0 Å². The van der Waals surface area contributed by atoms with Crippen molar-refractivity contribution in [3.63, 3.8) is 0 Å². The zero-order valence-corrected chi connectivity index (χ0v) is 18.6.